The molecule has 0 aliphatic rings. The molecule has 0 aromatic heterocycles. The van der Waals surface area contributed by atoms with E-state index in [0.29, 0.717) is 17.9 Å². The van der Waals surface area contributed by atoms with Crippen LogP contribution in [-0.2, 0) is 0 Å². The summed E-state index contributed by atoms with van der Waals surface area (Å²) in [5, 5.41) is 18.4. The van der Waals surface area contributed by atoms with Crippen LogP contribution in [0.1, 0.15) is 17.3 Å². The number of carbonyl (C=O) groups excluding carboxylic acids is 1. The van der Waals surface area contributed by atoms with Gasteiger partial charge in [0.1, 0.15) is 0 Å². The minimum Gasteiger partial charge on any atom is -0.504 e. The monoisotopic (exact) mass is 239 g/mol. The van der Waals surface area contributed by atoms with E-state index in [0.717, 1.165) is 0 Å². The van der Waals surface area contributed by atoms with Crippen molar-refractivity contribution in [2.75, 3.05) is 26.8 Å². The van der Waals surface area contributed by atoms with Crippen molar-refractivity contribution in [3.05, 3.63) is 23.8 Å². The van der Waals surface area contributed by atoms with Gasteiger partial charge in [0.05, 0.1) is 13.7 Å². The summed E-state index contributed by atoms with van der Waals surface area (Å²) < 4.78 is 4.90. The zero-order valence-electron chi connectivity index (χ0n) is 10.0. The summed E-state index contributed by atoms with van der Waals surface area (Å²) >= 11 is 0. The molecular formula is C12H17NO4. The van der Waals surface area contributed by atoms with Crippen LogP contribution >= 0.6 is 0 Å². The maximum absolute atomic E-state index is 12.0. The van der Waals surface area contributed by atoms with Gasteiger partial charge in [-0.15, -0.1) is 0 Å². The third-order valence-electron chi connectivity index (χ3n) is 2.46. The summed E-state index contributed by atoms with van der Waals surface area (Å²) in [4.78, 5) is 13.5. The number of phenols is 1. The Kier molecular flexibility index (Phi) is 4.78. The Balaban J connectivity index is 2.92. The zero-order valence-corrected chi connectivity index (χ0v) is 10.0. The molecule has 0 spiro atoms. The van der Waals surface area contributed by atoms with Gasteiger partial charge in [0.2, 0.25) is 0 Å². The summed E-state index contributed by atoms with van der Waals surface area (Å²) in [6.07, 6.45) is 0. The second-order valence-corrected chi connectivity index (χ2v) is 3.50. The molecule has 5 nitrogen and oxygen atoms in total. The lowest BCUT2D eigenvalue weighted by Crippen LogP contribution is -2.33. The number of aliphatic hydroxyl groups excluding tert-OH is 1. The number of nitrogens with zero attached hydrogens (tertiary/aromatic N) is 1. The Labute approximate surface area is 100 Å². The van der Waals surface area contributed by atoms with Crippen LogP contribution in [0.15, 0.2) is 18.2 Å². The molecule has 0 aliphatic carbocycles. The maximum atomic E-state index is 12.0. The number of methoxy groups -OCH3 is 1. The number of aliphatic hydroxyl groups is 1. The Bertz CT molecular complexity index is 392. The molecule has 0 saturated heterocycles. The predicted molar refractivity (Wildman–Crippen MR) is 63.3 cm³/mol. The molecule has 0 fully saturated rings. The first kappa shape index (κ1) is 13.3. The summed E-state index contributed by atoms with van der Waals surface area (Å²) in [7, 11) is 1.45. The fourth-order valence-electron chi connectivity index (χ4n) is 1.53. The number of phenolic OH excluding ortho intramolecular Hbond substituents is 1. The van der Waals surface area contributed by atoms with Crippen molar-refractivity contribution in [2.45, 2.75) is 6.92 Å². The van der Waals surface area contributed by atoms with E-state index < -0.39 is 0 Å². The van der Waals surface area contributed by atoms with Gasteiger partial charge in [-0.3, -0.25) is 4.79 Å². The number of likely N-dealkylation sites (N-methyl/N-ethyl adjacent to an activating group) is 1. The highest BCUT2D eigenvalue weighted by Gasteiger charge is 2.15. The lowest BCUT2D eigenvalue weighted by molar-refractivity contribution is 0.0731. The maximum Gasteiger partial charge on any atom is 0.254 e. The van der Waals surface area contributed by atoms with Crippen LogP contribution in [0, 0.1) is 0 Å². The number of carbonyl (C=O) groups is 1. The molecule has 17 heavy (non-hydrogen) atoms. The standard InChI is InChI=1S/C12H17NO4/c1-3-13(6-7-14)12(16)9-4-5-11(17-2)10(15)8-9/h4-5,8,14-15H,3,6-7H2,1-2H3. The number of aromatic hydroxyl groups is 1. The van der Waals surface area contributed by atoms with Crippen LogP contribution in [0.5, 0.6) is 11.5 Å². The first-order chi connectivity index (χ1) is 8.13. The minimum absolute atomic E-state index is 0.0709. The number of amides is 1. The fourth-order valence-corrected chi connectivity index (χ4v) is 1.53. The van der Waals surface area contributed by atoms with Gasteiger partial charge in [-0.2, -0.15) is 0 Å². The van der Waals surface area contributed by atoms with Gasteiger partial charge in [0.15, 0.2) is 11.5 Å². The van der Waals surface area contributed by atoms with Gasteiger partial charge < -0.3 is 19.8 Å². The van der Waals surface area contributed by atoms with E-state index in [2.05, 4.69) is 0 Å². The smallest absolute Gasteiger partial charge is 0.254 e. The number of rotatable bonds is 5. The SMILES string of the molecule is CCN(CCO)C(=O)c1ccc(OC)c(O)c1. The van der Waals surface area contributed by atoms with E-state index in [1.165, 1.54) is 24.1 Å². The van der Waals surface area contributed by atoms with E-state index in [4.69, 9.17) is 9.84 Å². The van der Waals surface area contributed by atoms with Gasteiger partial charge in [-0.1, -0.05) is 0 Å². The normalized spacial score (nSPS) is 10.1. The van der Waals surface area contributed by atoms with Gasteiger partial charge in [0.25, 0.3) is 5.91 Å². The summed E-state index contributed by atoms with van der Waals surface area (Å²) in [6.45, 7) is 2.53. The molecule has 0 saturated carbocycles. The van der Waals surface area contributed by atoms with E-state index in [1.807, 2.05) is 6.92 Å². The topological polar surface area (TPSA) is 70.0 Å². The second kappa shape index (κ2) is 6.10. The first-order valence-corrected chi connectivity index (χ1v) is 5.41. The Morgan fingerprint density at radius 3 is 2.65 bits per heavy atom. The minimum atomic E-state index is -0.223. The zero-order chi connectivity index (χ0) is 12.8. The molecule has 1 rings (SSSR count). The molecular weight excluding hydrogens is 222 g/mol. The van der Waals surface area contributed by atoms with Crippen LogP contribution in [0.4, 0.5) is 0 Å². The van der Waals surface area contributed by atoms with Crippen molar-refractivity contribution < 1.29 is 19.7 Å². The van der Waals surface area contributed by atoms with Gasteiger partial charge in [-0.25, -0.2) is 0 Å². The average Bonchev–Trinajstić information content (AvgIpc) is 2.35. The molecule has 0 aliphatic heterocycles. The van der Waals surface area contributed by atoms with Crippen LogP contribution in [0.2, 0.25) is 0 Å². The van der Waals surface area contributed by atoms with Crippen LogP contribution in [0.25, 0.3) is 0 Å². The molecule has 1 aromatic rings. The van der Waals surface area contributed by atoms with Gasteiger partial charge in [0, 0.05) is 18.7 Å². The van der Waals surface area contributed by atoms with E-state index in [-0.39, 0.29) is 24.8 Å². The van der Waals surface area contributed by atoms with Crippen LogP contribution < -0.4 is 4.74 Å². The molecule has 0 heterocycles. The highest BCUT2D eigenvalue weighted by atomic mass is 16.5. The molecule has 0 radical (unpaired) electrons. The van der Waals surface area contributed by atoms with Gasteiger partial charge in [-0.05, 0) is 25.1 Å². The largest absolute Gasteiger partial charge is 0.504 e. The number of hydrogen-bond acceptors (Lipinski definition) is 4. The Morgan fingerprint density at radius 1 is 1.47 bits per heavy atom. The Morgan fingerprint density at radius 2 is 2.18 bits per heavy atom. The van der Waals surface area contributed by atoms with Crippen molar-refractivity contribution in [3.63, 3.8) is 0 Å². The van der Waals surface area contributed by atoms with Crippen molar-refractivity contribution in [2.24, 2.45) is 0 Å². The molecule has 94 valence electrons. The third-order valence-corrected chi connectivity index (χ3v) is 2.46. The van der Waals surface area contributed by atoms with E-state index >= 15 is 0 Å². The van der Waals surface area contributed by atoms with Crippen molar-refractivity contribution in [3.8, 4) is 11.5 Å². The second-order valence-electron chi connectivity index (χ2n) is 3.50. The number of ether oxygens (including phenoxy) is 1. The lowest BCUT2D eigenvalue weighted by Gasteiger charge is -2.19. The predicted octanol–water partition coefficient (Wildman–Crippen LogP) is 0.855. The van der Waals surface area contributed by atoms with Gasteiger partial charge >= 0.3 is 0 Å². The molecule has 0 atom stereocenters. The first-order valence-electron chi connectivity index (χ1n) is 5.41. The lowest BCUT2D eigenvalue weighted by atomic mass is 10.1. The van der Waals surface area contributed by atoms with Crippen molar-refractivity contribution >= 4 is 5.91 Å². The molecule has 5 heteroatoms. The van der Waals surface area contributed by atoms with Crippen LogP contribution in [-0.4, -0.2) is 47.8 Å². The quantitative estimate of drug-likeness (QED) is 0.799. The molecule has 0 unspecified atom stereocenters. The molecule has 2 N–H and O–H groups in total. The van der Waals surface area contributed by atoms with Crippen molar-refractivity contribution in [1.82, 2.24) is 4.90 Å². The van der Waals surface area contributed by atoms with Crippen LogP contribution in [0.3, 0.4) is 0 Å². The Hall–Kier alpha value is -1.75. The molecule has 1 amide bonds. The third kappa shape index (κ3) is 3.10. The highest BCUT2D eigenvalue weighted by molar-refractivity contribution is 5.94. The number of hydrogen-bond donors (Lipinski definition) is 2. The average molecular weight is 239 g/mol. The fraction of sp³-hybridized carbons (Fsp3) is 0.417. The summed E-state index contributed by atoms with van der Waals surface area (Å²) in [6, 6.07) is 4.48. The van der Waals surface area contributed by atoms with E-state index in [9.17, 15) is 9.90 Å². The number of benzene rings is 1. The van der Waals surface area contributed by atoms with E-state index in [1.54, 1.807) is 6.07 Å². The summed E-state index contributed by atoms with van der Waals surface area (Å²) in [5.41, 5.74) is 0.374. The highest BCUT2D eigenvalue weighted by Crippen LogP contribution is 2.26. The summed E-state index contributed by atoms with van der Waals surface area (Å²) in [5.74, 6) is 0.0321. The van der Waals surface area contributed by atoms with Crippen molar-refractivity contribution in [1.29, 1.82) is 0 Å². The molecule has 0 bridgehead atoms. The molecule has 1 aromatic carbocycles.